The van der Waals surface area contributed by atoms with E-state index in [1.165, 1.54) is 4.90 Å². The van der Waals surface area contributed by atoms with E-state index in [4.69, 9.17) is 4.74 Å². The number of alkyl halides is 1. The summed E-state index contributed by atoms with van der Waals surface area (Å²) >= 11 is 0. The molecule has 0 aliphatic carbocycles. The zero-order valence-electron chi connectivity index (χ0n) is 13.6. The van der Waals surface area contributed by atoms with E-state index in [-0.39, 0.29) is 12.6 Å². The second kappa shape index (κ2) is 7.47. The van der Waals surface area contributed by atoms with Crippen molar-refractivity contribution in [1.82, 2.24) is 15.5 Å². The maximum atomic E-state index is 13.9. The van der Waals surface area contributed by atoms with Crippen molar-refractivity contribution in [3.8, 4) is 0 Å². The first-order chi connectivity index (χ1) is 9.75. The van der Waals surface area contributed by atoms with E-state index in [0.717, 1.165) is 0 Å². The van der Waals surface area contributed by atoms with Gasteiger partial charge in [-0.2, -0.15) is 0 Å². The minimum absolute atomic E-state index is 0.0763. The quantitative estimate of drug-likeness (QED) is 0.599. The highest BCUT2D eigenvalue weighted by molar-refractivity contribution is 5.80. The average molecular weight is 302 g/mol. The molecule has 0 unspecified atom stereocenters. The number of rotatable bonds is 2. The Hall–Kier alpha value is -1.53. The fourth-order valence-corrected chi connectivity index (χ4v) is 2.17. The molecule has 0 bridgehead atoms. The van der Waals surface area contributed by atoms with Gasteiger partial charge in [0.2, 0.25) is 0 Å². The summed E-state index contributed by atoms with van der Waals surface area (Å²) in [4.78, 5) is 17.7. The zero-order valence-corrected chi connectivity index (χ0v) is 13.6. The van der Waals surface area contributed by atoms with Gasteiger partial charge in [-0.1, -0.05) is 0 Å². The molecular formula is C14H27FN4O2. The van der Waals surface area contributed by atoms with Crippen molar-refractivity contribution in [2.24, 2.45) is 4.99 Å². The number of likely N-dealkylation sites (tertiary alicyclic amines) is 1. The Bertz CT molecular complexity index is 382. The van der Waals surface area contributed by atoms with Crippen LogP contribution in [0.1, 0.15) is 34.1 Å². The standard InChI is InChI=1S/C14H27FN4O2/c1-6-17-12(16-5)18-11-7-10(15)8-19(9-11)13(20)21-14(2,3)4/h10-11H,6-9H2,1-5H3,(H2,16,17,18)/t10-,11-/m0/s1. The van der Waals surface area contributed by atoms with Crippen molar-refractivity contribution in [2.75, 3.05) is 26.7 Å². The summed E-state index contributed by atoms with van der Waals surface area (Å²) in [5.41, 5.74) is -0.580. The molecule has 0 radical (unpaired) electrons. The minimum Gasteiger partial charge on any atom is -0.444 e. The van der Waals surface area contributed by atoms with Gasteiger partial charge >= 0.3 is 6.09 Å². The summed E-state index contributed by atoms with van der Waals surface area (Å²) in [6.07, 6.45) is -1.19. The highest BCUT2D eigenvalue weighted by atomic mass is 19.1. The molecule has 1 aliphatic heterocycles. The number of halogens is 1. The van der Waals surface area contributed by atoms with Crippen molar-refractivity contribution in [3.05, 3.63) is 0 Å². The smallest absolute Gasteiger partial charge is 0.410 e. The molecule has 0 aromatic carbocycles. The normalized spacial score (nSPS) is 23.7. The first-order valence-corrected chi connectivity index (χ1v) is 7.36. The van der Waals surface area contributed by atoms with E-state index in [2.05, 4.69) is 15.6 Å². The Labute approximate surface area is 126 Å². The molecule has 1 heterocycles. The van der Waals surface area contributed by atoms with Crippen LogP contribution in [0.25, 0.3) is 0 Å². The molecule has 7 heteroatoms. The van der Waals surface area contributed by atoms with Gasteiger partial charge in [0.05, 0.1) is 6.54 Å². The average Bonchev–Trinajstić information content (AvgIpc) is 2.35. The maximum absolute atomic E-state index is 13.9. The van der Waals surface area contributed by atoms with Crippen LogP contribution in [0.5, 0.6) is 0 Å². The van der Waals surface area contributed by atoms with E-state index in [1.807, 2.05) is 6.92 Å². The maximum Gasteiger partial charge on any atom is 0.410 e. The molecule has 1 aliphatic rings. The lowest BCUT2D eigenvalue weighted by Gasteiger charge is -2.36. The second-order valence-corrected chi connectivity index (χ2v) is 6.13. The fraction of sp³-hybridized carbons (Fsp3) is 0.857. The van der Waals surface area contributed by atoms with Gasteiger partial charge < -0.3 is 20.3 Å². The topological polar surface area (TPSA) is 66.0 Å². The highest BCUT2D eigenvalue weighted by Gasteiger charge is 2.32. The summed E-state index contributed by atoms with van der Waals surface area (Å²) < 4.78 is 19.2. The lowest BCUT2D eigenvalue weighted by atomic mass is 10.0. The summed E-state index contributed by atoms with van der Waals surface area (Å²) in [6, 6.07) is -0.181. The van der Waals surface area contributed by atoms with Crippen LogP contribution < -0.4 is 10.6 Å². The van der Waals surface area contributed by atoms with Crippen LogP contribution in [0, 0.1) is 0 Å². The summed E-state index contributed by atoms with van der Waals surface area (Å²) in [5, 5.41) is 6.06. The number of ether oxygens (including phenoxy) is 1. The molecule has 6 nitrogen and oxygen atoms in total. The third-order valence-electron chi connectivity index (χ3n) is 2.95. The number of aliphatic imine (C=N–C) groups is 1. The van der Waals surface area contributed by atoms with Gasteiger partial charge in [-0.05, 0) is 27.7 Å². The van der Waals surface area contributed by atoms with Crippen molar-refractivity contribution >= 4 is 12.1 Å². The van der Waals surface area contributed by atoms with Crippen molar-refractivity contribution in [3.63, 3.8) is 0 Å². The van der Waals surface area contributed by atoms with E-state index in [9.17, 15) is 9.18 Å². The third-order valence-corrected chi connectivity index (χ3v) is 2.95. The van der Waals surface area contributed by atoms with Gasteiger partial charge in [0.1, 0.15) is 11.8 Å². The van der Waals surface area contributed by atoms with Gasteiger partial charge in [-0.15, -0.1) is 0 Å². The van der Waals surface area contributed by atoms with Crippen LogP contribution in [0.3, 0.4) is 0 Å². The summed E-state index contributed by atoms with van der Waals surface area (Å²) in [6.45, 7) is 8.42. The van der Waals surface area contributed by atoms with Gasteiger partial charge in [-0.25, -0.2) is 9.18 Å². The van der Waals surface area contributed by atoms with Crippen LogP contribution in [-0.4, -0.2) is 61.4 Å². The molecule has 1 saturated heterocycles. The lowest BCUT2D eigenvalue weighted by molar-refractivity contribution is 0.0104. The lowest BCUT2D eigenvalue weighted by Crippen LogP contribution is -2.55. The number of nitrogens with one attached hydrogen (secondary N) is 2. The molecular weight excluding hydrogens is 275 g/mol. The summed E-state index contributed by atoms with van der Waals surface area (Å²) in [5.74, 6) is 0.612. The number of nitrogens with zero attached hydrogens (tertiary/aromatic N) is 2. The molecule has 0 aromatic heterocycles. The number of amides is 1. The largest absolute Gasteiger partial charge is 0.444 e. The van der Waals surface area contributed by atoms with Crippen LogP contribution in [0.4, 0.5) is 9.18 Å². The number of carbonyl (C=O) groups is 1. The highest BCUT2D eigenvalue weighted by Crippen LogP contribution is 2.17. The van der Waals surface area contributed by atoms with Gasteiger partial charge in [-0.3, -0.25) is 4.99 Å². The molecule has 2 atom stereocenters. The molecule has 21 heavy (non-hydrogen) atoms. The van der Waals surface area contributed by atoms with Crippen LogP contribution >= 0.6 is 0 Å². The molecule has 1 rings (SSSR count). The Kier molecular flexibility index (Phi) is 6.23. The molecule has 122 valence electrons. The van der Waals surface area contributed by atoms with Crippen LogP contribution in [0.2, 0.25) is 0 Å². The third kappa shape index (κ3) is 6.18. The molecule has 0 aromatic rings. The molecule has 0 saturated carbocycles. The predicted molar refractivity (Wildman–Crippen MR) is 81.3 cm³/mol. The van der Waals surface area contributed by atoms with E-state index in [0.29, 0.717) is 25.5 Å². The van der Waals surface area contributed by atoms with Gasteiger partial charge in [0.25, 0.3) is 0 Å². The first kappa shape index (κ1) is 17.5. The molecule has 0 spiro atoms. The van der Waals surface area contributed by atoms with Crippen molar-refractivity contribution in [2.45, 2.75) is 51.9 Å². The van der Waals surface area contributed by atoms with Crippen molar-refractivity contribution < 1.29 is 13.9 Å². The van der Waals surface area contributed by atoms with Crippen LogP contribution in [0.15, 0.2) is 4.99 Å². The Morgan fingerprint density at radius 3 is 2.62 bits per heavy atom. The number of guanidine groups is 1. The Morgan fingerprint density at radius 2 is 2.10 bits per heavy atom. The number of carbonyl (C=O) groups excluding carboxylic acids is 1. The first-order valence-electron chi connectivity index (χ1n) is 7.36. The predicted octanol–water partition coefficient (Wildman–Crippen LogP) is 1.52. The van der Waals surface area contributed by atoms with E-state index < -0.39 is 17.9 Å². The number of piperidine rings is 1. The molecule has 1 fully saturated rings. The Balaban J connectivity index is 2.65. The van der Waals surface area contributed by atoms with Crippen LogP contribution in [-0.2, 0) is 4.74 Å². The fourth-order valence-electron chi connectivity index (χ4n) is 2.17. The van der Waals surface area contributed by atoms with E-state index >= 15 is 0 Å². The zero-order chi connectivity index (χ0) is 16.0. The molecule has 1 amide bonds. The van der Waals surface area contributed by atoms with E-state index in [1.54, 1.807) is 27.8 Å². The monoisotopic (exact) mass is 302 g/mol. The van der Waals surface area contributed by atoms with Crippen molar-refractivity contribution in [1.29, 1.82) is 0 Å². The SMILES string of the molecule is CC/N=C(\NC)N[C@H]1C[C@H](F)CN(C(=O)OC(C)(C)C)C1. The minimum atomic E-state index is -1.07. The molecule has 2 N–H and O–H groups in total. The number of hydrogen-bond donors (Lipinski definition) is 2. The second-order valence-electron chi connectivity index (χ2n) is 6.13. The summed E-state index contributed by atoms with van der Waals surface area (Å²) in [7, 11) is 1.75. The van der Waals surface area contributed by atoms with Gasteiger partial charge in [0, 0.05) is 32.6 Å². The Morgan fingerprint density at radius 1 is 1.43 bits per heavy atom. The van der Waals surface area contributed by atoms with Gasteiger partial charge in [0.15, 0.2) is 5.96 Å². The number of hydrogen-bond acceptors (Lipinski definition) is 3.